The quantitative estimate of drug-likeness (QED) is 0.476. The normalized spacial score (nSPS) is 10.7. The van der Waals surface area contributed by atoms with Crippen LogP contribution in [0.1, 0.15) is 27.9 Å². The largest absolute Gasteiger partial charge is 0.477 e. The number of aromatic amines is 2. The summed E-state index contributed by atoms with van der Waals surface area (Å²) in [7, 11) is 0. The Labute approximate surface area is 143 Å². The zero-order valence-corrected chi connectivity index (χ0v) is 13.3. The topological polar surface area (TPSA) is 121 Å². The molecule has 0 bridgehead atoms. The third-order valence-corrected chi connectivity index (χ3v) is 3.28. The summed E-state index contributed by atoms with van der Waals surface area (Å²) >= 11 is 0. The van der Waals surface area contributed by atoms with Crippen LogP contribution < -0.4 is 0 Å². The second-order valence-electron chi connectivity index (χ2n) is 5.05. The number of hydrogen-bond donors (Lipinski definition) is 3. The Kier molecular flexibility index (Phi) is 4.48. The van der Waals surface area contributed by atoms with Gasteiger partial charge in [-0.3, -0.25) is 0 Å². The molecule has 4 aromatic heterocycles. The van der Waals surface area contributed by atoms with Crippen LogP contribution in [0.2, 0.25) is 0 Å². The summed E-state index contributed by atoms with van der Waals surface area (Å²) < 4.78 is 38.8. The first-order valence-corrected chi connectivity index (χ1v) is 7.34. The number of halogens is 2. The molecule has 8 nitrogen and oxygen atoms in total. The first-order valence-electron chi connectivity index (χ1n) is 7.34. The summed E-state index contributed by atoms with van der Waals surface area (Å²) in [5.41, 5.74) is 1.58. The maximum Gasteiger partial charge on any atom is 0.354 e. The number of esters is 1. The van der Waals surface area contributed by atoms with Gasteiger partial charge in [0.15, 0.2) is 11.2 Å². The number of nitrogens with one attached hydrogen (secondary N) is 2. The van der Waals surface area contributed by atoms with Crippen molar-refractivity contribution in [1.29, 1.82) is 0 Å². The van der Waals surface area contributed by atoms with Gasteiger partial charge in [0.2, 0.25) is 0 Å². The number of hydrogen-bond acceptors (Lipinski definition) is 5. The van der Waals surface area contributed by atoms with Crippen LogP contribution in [0.3, 0.4) is 0 Å². The maximum absolute atomic E-state index is 12.5. The molecule has 0 radical (unpaired) electrons. The predicted molar refractivity (Wildman–Crippen MR) is 84.0 cm³/mol. The Morgan fingerprint density at radius 3 is 1.96 bits per heavy atom. The van der Waals surface area contributed by atoms with E-state index in [4.69, 9.17) is 9.84 Å². The third-order valence-electron chi connectivity index (χ3n) is 3.28. The summed E-state index contributed by atoms with van der Waals surface area (Å²) in [6, 6.07) is 3.52. The average Bonchev–Trinajstić information content (AvgIpc) is 3.26. The first kappa shape index (κ1) is 17.3. The second kappa shape index (κ2) is 6.75. The smallest absolute Gasteiger partial charge is 0.354 e. The van der Waals surface area contributed by atoms with Crippen LogP contribution >= 0.6 is 0 Å². The van der Waals surface area contributed by atoms with Gasteiger partial charge in [0.05, 0.1) is 17.6 Å². The van der Waals surface area contributed by atoms with Gasteiger partial charge >= 0.3 is 11.9 Å². The molecule has 0 unspecified atom stereocenters. The fraction of sp³-hybridized carbons (Fsp3) is 0.125. The Bertz CT molecular complexity index is 1020. The van der Waals surface area contributed by atoms with Gasteiger partial charge in [0.25, 0.3) is 12.0 Å². The molecule has 10 heteroatoms. The first-order chi connectivity index (χ1) is 12.4. The van der Waals surface area contributed by atoms with E-state index in [2.05, 4.69) is 18.8 Å². The minimum Gasteiger partial charge on any atom is -0.477 e. The number of carboxylic acid groups (broad SMARTS) is 1. The molecular formula is C16H12F2N2O6. The van der Waals surface area contributed by atoms with Gasteiger partial charge < -0.3 is 28.6 Å². The number of carbonyl (C=O) groups excluding carboxylic acids is 1. The molecule has 3 N–H and O–H groups in total. The predicted octanol–water partition coefficient (Wildman–Crippen LogP) is 3.67. The van der Waals surface area contributed by atoms with E-state index in [0.29, 0.717) is 23.2 Å². The van der Waals surface area contributed by atoms with Gasteiger partial charge in [-0.25, -0.2) is 9.59 Å². The molecule has 136 valence electrons. The molecule has 0 aromatic carbocycles. The number of rotatable bonds is 3. The number of ether oxygens (including phenoxy) is 1. The fourth-order valence-electron chi connectivity index (χ4n) is 2.22. The third kappa shape index (κ3) is 3.43. The fourth-order valence-corrected chi connectivity index (χ4v) is 2.22. The summed E-state index contributed by atoms with van der Waals surface area (Å²) in [5, 5.41) is 8.51. The molecule has 0 amide bonds. The lowest BCUT2D eigenvalue weighted by Crippen LogP contribution is -2.04. The number of carbonyl (C=O) groups is 2. The molecular weight excluding hydrogens is 354 g/mol. The summed E-state index contributed by atoms with van der Waals surface area (Å²) in [6.07, 6.45) is 0. The maximum atomic E-state index is 12.5. The van der Waals surface area contributed by atoms with E-state index in [0.717, 1.165) is 6.07 Å². The molecule has 0 aliphatic carbocycles. The Hall–Kier alpha value is -3.56. The lowest BCUT2D eigenvalue weighted by Gasteiger charge is -1.96. The monoisotopic (exact) mass is 366 g/mol. The standard InChI is InChI=1S/C9H8FNO3.C7H4FNO3/c1-2-13-9(12)6-3-7-5(11-6)4-8(10)14-7;8-6-2-3-5(12-6)1-4(9-3)7(10)11/h3-4,11H,2H2,1H3;1-2,9H,(H,10,11). The van der Waals surface area contributed by atoms with Crippen LogP contribution in [0.25, 0.3) is 22.2 Å². The number of furan rings is 2. The van der Waals surface area contributed by atoms with Gasteiger partial charge in [0, 0.05) is 24.3 Å². The molecule has 0 aliphatic rings. The van der Waals surface area contributed by atoms with Crippen molar-refractivity contribution in [1.82, 2.24) is 9.97 Å². The van der Waals surface area contributed by atoms with Crippen LogP contribution in [-0.4, -0.2) is 33.6 Å². The number of fused-ring (bicyclic) bond motifs is 2. The Morgan fingerprint density at radius 2 is 1.50 bits per heavy atom. The van der Waals surface area contributed by atoms with Crippen molar-refractivity contribution >= 4 is 34.1 Å². The van der Waals surface area contributed by atoms with Crippen molar-refractivity contribution in [2.75, 3.05) is 6.61 Å². The molecule has 0 saturated carbocycles. The number of aromatic nitrogens is 2. The number of aromatic carboxylic acids is 1. The Balaban J connectivity index is 0.000000152. The Morgan fingerprint density at radius 1 is 1.00 bits per heavy atom. The zero-order valence-electron chi connectivity index (χ0n) is 13.3. The molecule has 0 aliphatic heterocycles. The second-order valence-corrected chi connectivity index (χ2v) is 5.05. The van der Waals surface area contributed by atoms with E-state index in [1.54, 1.807) is 6.92 Å². The summed E-state index contributed by atoms with van der Waals surface area (Å²) in [5.74, 6) is -1.57. The molecule has 0 saturated heterocycles. The van der Waals surface area contributed by atoms with E-state index < -0.39 is 24.0 Å². The van der Waals surface area contributed by atoms with Crippen LogP contribution in [0.4, 0.5) is 8.78 Å². The molecule has 26 heavy (non-hydrogen) atoms. The van der Waals surface area contributed by atoms with E-state index in [1.807, 2.05) is 0 Å². The van der Waals surface area contributed by atoms with Crippen molar-refractivity contribution in [3.05, 3.63) is 47.7 Å². The van der Waals surface area contributed by atoms with E-state index in [-0.39, 0.29) is 17.0 Å². The van der Waals surface area contributed by atoms with Crippen LogP contribution in [-0.2, 0) is 4.74 Å². The van der Waals surface area contributed by atoms with E-state index in [9.17, 15) is 18.4 Å². The number of H-pyrrole nitrogens is 2. The highest BCUT2D eigenvalue weighted by Gasteiger charge is 2.13. The zero-order chi connectivity index (χ0) is 18.8. The van der Waals surface area contributed by atoms with Crippen molar-refractivity contribution in [2.24, 2.45) is 0 Å². The highest BCUT2D eigenvalue weighted by molar-refractivity contribution is 5.93. The lowest BCUT2D eigenvalue weighted by atomic mass is 10.4. The summed E-state index contributed by atoms with van der Waals surface area (Å²) in [4.78, 5) is 26.8. The summed E-state index contributed by atoms with van der Waals surface area (Å²) in [6.45, 7) is 2.01. The van der Waals surface area contributed by atoms with Crippen LogP contribution in [0.15, 0.2) is 33.1 Å². The van der Waals surface area contributed by atoms with Gasteiger partial charge in [-0.2, -0.15) is 8.78 Å². The average molecular weight is 366 g/mol. The molecule has 4 aromatic rings. The minimum atomic E-state index is -1.10. The van der Waals surface area contributed by atoms with Crippen molar-refractivity contribution in [3.63, 3.8) is 0 Å². The molecule has 0 atom stereocenters. The van der Waals surface area contributed by atoms with Gasteiger partial charge in [-0.1, -0.05) is 0 Å². The molecule has 4 rings (SSSR count). The van der Waals surface area contributed by atoms with Crippen LogP contribution in [0, 0.1) is 12.0 Å². The van der Waals surface area contributed by atoms with Gasteiger partial charge in [-0.05, 0) is 6.92 Å². The molecule has 4 heterocycles. The van der Waals surface area contributed by atoms with E-state index in [1.165, 1.54) is 18.2 Å². The highest BCUT2D eigenvalue weighted by Crippen LogP contribution is 2.20. The van der Waals surface area contributed by atoms with Crippen molar-refractivity contribution in [3.8, 4) is 0 Å². The van der Waals surface area contributed by atoms with Crippen LogP contribution in [0.5, 0.6) is 0 Å². The van der Waals surface area contributed by atoms with Crippen molar-refractivity contribution < 1.29 is 37.0 Å². The lowest BCUT2D eigenvalue weighted by molar-refractivity contribution is 0.0520. The van der Waals surface area contributed by atoms with Crippen molar-refractivity contribution in [2.45, 2.75) is 6.92 Å². The van der Waals surface area contributed by atoms with Gasteiger partial charge in [0.1, 0.15) is 11.4 Å². The van der Waals surface area contributed by atoms with Gasteiger partial charge in [-0.15, -0.1) is 0 Å². The molecule has 0 spiro atoms. The van der Waals surface area contributed by atoms with E-state index >= 15 is 0 Å². The minimum absolute atomic E-state index is 0.0104. The molecule has 0 fully saturated rings. The number of carboxylic acids is 1. The SMILES string of the molecule is CCOC(=O)c1cc2oc(F)cc2[nH]1.O=C(O)c1cc2oc(F)cc2[nH]1. The highest BCUT2D eigenvalue weighted by atomic mass is 19.1.